The number of carbonyl (C=O) groups is 2. The fraction of sp³-hybridized carbons (Fsp3) is 0.391. The summed E-state index contributed by atoms with van der Waals surface area (Å²) in [5.74, 6) is -0.0251. The zero-order valence-corrected chi connectivity index (χ0v) is 20.1. The summed E-state index contributed by atoms with van der Waals surface area (Å²) in [5.41, 5.74) is 2.05. The van der Waals surface area contributed by atoms with Gasteiger partial charge in [0, 0.05) is 17.1 Å². The van der Waals surface area contributed by atoms with E-state index in [0.717, 1.165) is 15.6 Å². The highest BCUT2D eigenvalue weighted by atomic mass is 79.9. The van der Waals surface area contributed by atoms with E-state index in [1.807, 2.05) is 52.0 Å². The van der Waals surface area contributed by atoms with Crippen LogP contribution in [-0.4, -0.2) is 35.4 Å². The first kappa shape index (κ1) is 24.2. The monoisotopic (exact) mass is 494 g/mol. The van der Waals surface area contributed by atoms with Gasteiger partial charge in [-0.2, -0.15) is 0 Å². The number of hydrogen-bond donors (Lipinski definition) is 1. The summed E-state index contributed by atoms with van der Waals surface area (Å²) in [6, 6.07) is 12.4. The number of nitrogens with one attached hydrogen (secondary N) is 1. The molecule has 2 aromatic carbocycles. The van der Waals surface area contributed by atoms with Crippen molar-refractivity contribution in [1.29, 1.82) is 0 Å². The van der Waals surface area contributed by atoms with Crippen LogP contribution in [0, 0.1) is 6.92 Å². The van der Waals surface area contributed by atoms with E-state index in [1.54, 1.807) is 23.1 Å². The van der Waals surface area contributed by atoms with Crippen molar-refractivity contribution in [3.05, 3.63) is 63.1 Å². The Morgan fingerprint density at radius 2 is 1.90 bits per heavy atom. The summed E-state index contributed by atoms with van der Waals surface area (Å²) >= 11 is 9.54. The van der Waals surface area contributed by atoms with Gasteiger partial charge in [-0.3, -0.25) is 9.59 Å². The molecule has 2 rings (SSSR count). The van der Waals surface area contributed by atoms with Gasteiger partial charge in [0.1, 0.15) is 11.8 Å². The van der Waals surface area contributed by atoms with Gasteiger partial charge in [-0.25, -0.2) is 0 Å². The van der Waals surface area contributed by atoms with Crippen LogP contribution in [0.1, 0.15) is 38.3 Å². The predicted octanol–water partition coefficient (Wildman–Crippen LogP) is 5.12. The average Bonchev–Trinajstić information content (AvgIpc) is 2.67. The second-order valence-corrected chi connectivity index (χ2v) is 8.72. The van der Waals surface area contributed by atoms with Crippen LogP contribution in [0.4, 0.5) is 0 Å². The van der Waals surface area contributed by atoms with E-state index in [0.29, 0.717) is 23.7 Å². The van der Waals surface area contributed by atoms with Crippen LogP contribution < -0.4 is 10.1 Å². The number of aryl methyl sites for hydroxylation is 1. The number of amides is 2. The van der Waals surface area contributed by atoms with Crippen molar-refractivity contribution in [2.75, 3.05) is 6.61 Å². The van der Waals surface area contributed by atoms with Crippen LogP contribution in [0.25, 0.3) is 0 Å². The summed E-state index contributed by atoms with van der Waals surface area (Å²) in [6.07, 6.45) is 0.495. The van der Waals surface area contributed by atoms with Crippen molar-refractivity contribution < 1.29 is 14.3 Å². The number of ether oxygens (including phenoxy) is 1. The molecule has 1 atom stereocenters. The fourth-order valence-electron chi connectivity index (χ4n) is 3.09. The van der Waals surface area contributed by atoms with Gasteiger partial charge in [-0.1, -0.05) is 58.7 Å². The van der Waals surface area contributed by atoms with Crippen LogP contribution in [-0.2, 0) is 16.1 Å². The molecule has 2 aromatic rings. The van der Waals surface area contributed by atoms with Gasteiger partial charge in [-0.05, 0) is 56.5 Å². The third kappa shape index (κ3) is 6.74. The molecule has 30 heavy (non-hydrogen) atoms. The molecule has 0 saturated heterocycles. The standard InChI is InChI=1S/C23H28BrClN2O3/c1-5-20(23(29)26-15(2)3)27(13-17-9-7-6-8-16(17)4)22(28)14-30-21-11-10-18(24)12-19(21)25/h6-12,15,20H,5,13-14H2,1-4H3,(H,26,29). The smallest absolute Gasteiger partial charge is 0.261 e. The van der Waals surface area contributed by atoms with Crippen LogP contribution in [0.2, 0.25) is 5.02 Å². The summed E-state index contributed by atoms with van der Waals surface area (Å²) in [4.78, 5) is 27.6. The third-order valence-corrected chi connectivity index (χ3v) is 5.45. The van der Waals surface area contributed by atoms with E-state index in [9.17, 15) is 9.59 Å². The third-order valence-electron chi connectivity index (χ3n) is 4.66. The minimum Gasteiger partial charge on any atom is -0.482 e. The number of rotatable bonds is 9. The second kappa shape index (κ2) is 11.4. The maximum absolute atomic E-state index is 13.2. The molecule has 0 saturated carbocycles. The molecule has 1 unspecified atom stereocenters. The topological polar surface area (TPSA) is 58.6 Å². The molecule has 5 nitrogen and oxygen atoms in total. The Bertz CT molecular complexity index is 889. The first-order chi connectivity index (χ1) is 14.2. The molecule has 0 heterocycles. The van der Waals surface area contributed by atoms with Crippen LogP contribution >= 0.6 is 27.5 Å². The van der Waals surface area contributed by atoms with Gasteiger partial charge < -0.3 is 15.0 Å². The first-order valence-corrected chi connectivity index (χ1v) is 11.1. The Hall–Kier alpha value is -2.05. The van der Waals surface area contributed by atoms with E-state index in [2.05, 4.69) is 21.2 Å². The highest BCUT2D eigenvalue weighted by Crippen LogP contribution is 2.28. The molecular formula is C23H28BrClN2O3. The molecule has 0 radical (unpaired) electrons. The van der Waals surface area contributed by atoms with Crippen LogP contribution in [0.3, 0.4) is 0 Å². The normalized spacial score (nSPS) is 11.8. The lowest BCUT2D eigenvalue weighted by Gasteiger charge is -2.31. The first-order valence-electron chi connectivity index (χ1n) is 9.95. The maximum Gasteiger partial charge on any atom is 0.261 e. The Kier molecular flexibility index (Phi) is 9.18. The molecule has 0 aliphatic heterocycles. The van der Waals surface area contributed by atoms with E-state index >= 15 is 0 Å². The molecule has 0 fully saturated rings. The maximum atomic E-state index is 13.2. The minimum absolute atomic E-state index is 0.0141. The fourth-order valence-corrected chi connectivity index (χ4v) is 3.81. The van der Waals surface area contributed by atoms with Crippen molar-refractivity contribution in [3.8, 4) is 5.75 Å². The number of nitrogens with zero attached hydrogens (tertiary/aromatic N) is 1. The summed E-state index contributed by atoms with van der Waals surface area (Å²) < 4.78 is 6.51. The molecule has 0 aromatic heterocycles. The average molecular weight is 496 g/mol. The van der Waals surface area contributed by atoms with E-state index in [1.165, 1.54) is 0 Å². The predicted molar refractivity (Wildman–Crippen MR) is 124 cm³/mol. The number of halogens is 2. The Balaban J connectivity index is 2.25. The summed E-state index contributed by atoms with van der Waals surface area (Å²) in [6.45, 7) is 7.81. The second-order valence-electron chi connectivity index (χ2n) is 7.40. The Morgan fingerprint density at radius 1 is 1.20 bits per heavy atom. The zero-order chi connectivity index (χ0) is 22.3. The molecule has 0 bridgehead atoms. The molecule has 0 aliphatic rings. The van der Waals surface area contributed by atoms with Crippen molar-refractivity contribution >= 4 is 39.3 Å². The van der Waals surface area contributed by atoms with Gasteiger partial charge in [-0.15, -0.1) is 0 Å². The van der Waals surface area contributed by atoms with Crippen LogP contribution in [0.5, 0.6) is 5.75 Å². The van der Waals surface area contributed by atoms with Crippen molar-refractivity contribution in [1.82, 2.24) is 10.2 Å². The highest BCUT2D eigenvalue weighted by molar-refractivity contribution is 9.10. The van der Waals surface area contributed by atoms with Crippen molar-refractivity contribution in [2.45, 2.75) is 52.7 Å². The molecule has 7 heteroatoms. The van der Waals surface area contributed by atoms with Crippen molar-refractivity contribution in [2.24, 2.45) is 0 Å². The number of hydrogen-bond acceptors (Lipinski definition) is 3. The molecule has 0 aliphatic carbocycles. The summed E-state index contributed by atoms with van der Waals surface area (Å²) in [5, 5.41) is 3.33. The lowest BCUT2D eigenvalue weighted by atomic mass is 10.1. The van der Waals surface area contributed by atoms with Crippen molar-refractivity contribution in [3.63, 3.8) is 0 Å². The van der Waals surface area contributed by atoms with E-state index < -0.39 is 6.04 Å². The molecule has 2 amide bonds. The molecule has 0 spiro atoms. The number of carbonyl (C=O) groups excluding carboxylic acids is 2. The number of benzene rings is 2. The van der Waals surface area contributed by atoms with Gasteiger partial charge in [0.05, 0.1) is 5.02 Å². The lowest BCUT2D eigenvalue weighted by Crippen LogP contribution is -2.51. The molecular weight excluding hydrogens is 468 g/mol. The van der Waals surface area contributed by atoms with E-state index in [4.69, 9.17) is 16.3 Å². The quantitative estimate of drug-likeness (QED) is 0.525. The largest absolute Gasteiger partial charge is 0.482 e. The lowest BCUT2D eigenvalue weighted by molar-refractivity contribution is -0.143. The molecule has 1 N–H and O–H groups in total. The Labute approximate surface area is 191 Å². The SMILES string of the molecule is CCC(C(=O)NC(C)C)N(Cc1ccccc1C)C(=O)COc1ccc(Br)cc1Cl. The summed E-state index contributed by atoms with van der Waals surface area (Å²) in [7, 11) is 0. The highest BCUT2D eigenvalue weighted by Gasteiger charge is 2.29. The van der Waals surface area contributed by atoms with Gasteiger partial charge in [0.25, 0.3) is 5.91 Å². The van der Waals surface area contributed by atoms with Gasteiger partial charge in [0.15, 0.2) is 6.61 Å². The zero-order valence-electron chi connectivity index (χ0n) is 17.7. The minimum atomic E-state index is -0.594. The van der Waals surface area contributed by atoms with Gasteiger partial charge in [0.2, 0.25) is 5.91 Å². The Morgan fingerprint density at radius 3 is 2.50 bits per heavy atom. The van der Waals surface area contributed by atoms with Crippen LogP contribution in [0.15, 0.2) is 46.9 Å². The van der Waals surface area contributed by atoms with Gasteiger partial charge >= 0.3 is 0 Å². The molecule has 162 valence electrons. The van der Waals surface area contributed by atoms with E-state index in [-0.39, 0.29) is 24.5 Å².